The molecule has 0 unspecified atom stereocenters. The van der Waals surface area contributed by atoms with Gasteiger partial charge in [0, 0.05) is 6.92 Å². The Morgan fingerprint density at radius 3 is 1.00 bits per heavy atom. The summed E-state index contributed by atoms with van der Waals surface area (Å²) in [6.45, 7) is 4.14. The van der Waals surface area contributed by atoms with Crippen LogP contribution in [0.3, 0.4) is 0 Å². The summed E-state index contributed by atoms with van der Waals surface area (Å²) in [4.78, 5) is 18.4. The molecule has 0 amide bonds. The summed E-state index contributed by atoms with van der Waals surface area (Å²) in [5.41, 5.74) is 0. The molecular weight excluding hydrogens is 204 g/mol. The summed E-state index contributed by atoms with van der Waals surface area (Å²) in [6, 6.07) is 0. The highest BCUT2D eigenvalue weighted by Crippen LogP contribution is 1.59. The van der Waals surface area contributed by atoms with E-state index in [-0.39, 0.29) is 5.78 Å². The van der Waals surface area contributed by atoms with Crippen LogP contribution in [0.15, 0.2) is 0 Å². The predicted molar refractivity (Wildman–Crippen MR) is 43.8 cm³/mol. The standard InChI is InChI=1S/C3H6O.C2H4O2.H2O4S/c1-3(2)4;1-2(3)4;1-5(2,3)4/h1-2H3;1H3,(H,3,4);(H2,1,2,3,4). The van der Waals surface area contributed by atoms with Crippen LogP contribution in [0.5, 0.6) is 0 Å². The first kappa shape index (κ1) is 17.9. The van der Waals surface area contributed by atoms with E-state index in [4.69, 9.17) is 27.4 Å². The fourth-order valence-corrected chi connectivity index (χ4v) is 0. The Morgan fingerprint density at radius 1 is 1.00 bits per heavy atom. The van der Waals surface area contributed by atoms with Crippen LogP contribution in [0.2, 0.25) is 0 Å². The highest BCUT2D eigenvalue weighted by atomic mass is 32.3. The van der Waals surface area contributed by atoms with E-state index in [9.17, 15) is 4.79 Å². The zero-order chi connectivity index (χ0) is 11.7. The molecule has 0 rings (SSSR count). The molecule has 0 bridgehead atoms. The number of aliphatic carboxylic acids is 1. The lowest BCUT2D eigenvalue weighted by Crippen LogP contribution is -1.89. The maximum atomic E-state index is 9.44. The third kappa shape index (κ3) is 912. The predicted octanol–water partition coefficient (Wildman–Crippen LogP) is 0.0334. The first-order valence-corrected chi connectivity index (χ1v) is 4.23. The van der Waals surface area contributed by atoms with Crippen LogP contribution in [0, 0.1) is 0 Å². The molecule has 0 heterocycles. The number of Topliss-reactive ketones (excluding diaryl/α,β-unsaturated/α-hetero) is 1. The van der Waals surface area contributed by atoms with Crippen LogP contribution in [0.4, 0.5) is 0 Å². The lowest BCUT2D eigenvalue weighted by Gasteiger charge is -1.68. The number of rotatable bonds is 0. The molecule has 0 aromatic heterocycles. The summed E-state index contributed by atoms with van der Waals surface area (Å²) < 4.78 is 31.6. The van der Waals surface area contributed by atoms with E-state index in [1.807, 2.05) is 0 Å². The molecule has 0 aliphatic carbocycles. The van der Waals surface area contributed by atoms with Gasteiger partial charge in [-0.15, -0.1) is 0 Å². The van der Waals surface area contributed by atoms with Gasteiger partial charge in [0.25, 0.3) is 5.97 Å². The molecule has 0 aromatic carbocycles. The van der Waals surface area contributed by atoms with Gasteiger partial charge in [0.1, 0.15) is 5.78 Å². The maximum absolute atomic E-state index is 9.44. The molecule has 0 atom stereocenters. The minimum absolute atomic E-state index is 0.167. The summed E-state index contributed by atoms with van der Waals surface area (Å²) >= 11 is 0. The second-order valence-electron chi connectivity index (χ2n) is 1.88. The first-order valence-electron chi connectivity index (χ1n) is 2.83. The van der Waals surface area contributed by atoms with E-state index in [1.165, 1.54) is 13.8 Å². The Morgan fingerprint density at radius 2 is 1.00 bits per heavy atom. The molecule has 0 spiro atoms. The van der Waals surface area contributed by atoms with Gasteiger partial charge in [0.05, 0.1) is 0 Å². The topological polar surface area (TPSA) is 129 Å². The lowest BCUT2D eigenvalue weighted by atomic mass is 10.6. The van der Waals surface area contributed by atoms with Crippen molar-refractivity contribution < 1.29 is 32.2 Å². The van der Waals surface area contributed by atoms with Crippen LogP contribution in [-0.4, -0.2) is 34.4 Å². The highest BCUT2D eigenvalue weighted by molar-refractivity contribution is 7.79. The Kier molecular flexibility index (Phi) is 12.6. The normalized spacial score (nSPS) is 8.38. The number of ketones is 1. The number of hydrogen-bond donors (Lipinski definition) is 3. The maximum Gasteiger partial charge on any atom is 0.394 e. The zero-order valence-electron chi connectivity index (χ0n) is 7.38. The fraction of sp³-hybridized carbons (Fsp3) is 0.600. The van der Waals surface area contributed by atoms with Crippen molar-refractivity contribution in [3.8, 4) is 0 Å². The van der Waals surface area contributed by atoms with Gasteiger partial charge in [0.15, 0.2) is 0 Å². The molecule has 0 saturated carbocycles. The molecule has 0 aliphatic heterocycles. The molecule has 0 radical (unpaired) electrons. The number of carboxylic acids is 1. The van der Waals surface area contributed by atoms with Gasteiger partial charge in [-0.1, -0.05) is 0 Å². The molecular formula is C5H12O7S. The molecule has 13 heavy (non-hydrogen) atoms. The second-order valence-corrected chi connectivity index (χ2v) is 2.77. The molecule has 7 nitrogen and oxygen atoms in total. The molecule has 80 valence electrons. The quantitative estimate of drug-likeness (QED) is 0.487. The SMILES string of the molecule is CC(=O)O.CC(C)=O.O=S(=O)(O)O. The van der Waals surface area contributed by atoms with Crippen LogP contribution in [0.1, 0.15) is 20.8 Å². The van der Waals surface area contributed by atoms with Gasteiger partial charge >= 0.3 is 10.4 Å². The van der Waals surface area contributed by atoms with Crippen LogP contribution < -0.4 is 0 Å². The molecule has 3 N–H and O–H groups in total. The van der Waals surface area contributed by atoms with E-state index in [0.717, 1.165) is 6.92 Å². The van der Waals surface area contributed by atoms with Crippen molar-refractivity contribution in [2.24, 2.45) is 0 Å². The molecule has 0 aliphatic rings. The summed E-state index contributed by atoms with van der Waals surface area (Å²) in [5, 5.41) is 7.42. The van der Waals surface area contributed by atoms with E-state index in [2.05, 4.69) is 0 Å². The minimum atomic E-state index is -4.67. The van der Waals surface area contributed by atoms with Gasteiger partial charge in [-0.3, -0.25) is 13.9 Å². The molecule has 0 saturated heterocycles. The van der Waals surface area contributed by atoms with E-state index >= 15 is 0 Å². The van der Waals surface area contributed by atoms with Crippen LogP contribution in [0.25, 0.3) is 0 Å². The molecule has 8 heteroatoms. The van der Waals surface area contributed by atoms with Gasteiger partial charge in [0.2, 0.25) is 0 Å². The van der Waals surface area contributed by atoms with Crippen molar-refractivity contribution in [1.82, 2.24) is 0 Å². The summed E-state index contributed by atoms with van der Waals surface area (Å²) in [7, 11) is -4.67. The van der Waals surface area contributed by atoms with Crippen molar-refractivity contribution in [3.05, 3.63) is 0 Å². The van der Waals surface area contributed by atoms with Crippen molar-refractivity contribution in [3.63, 3.8) is 0 Å². The average Bonchev–Trinajstić information content (AvgIpc) is 1.50. The van der Waals surface area contributed by atoms with Crippen LogP contribution >= 0.6 is 0 Å². The molecule has 0 aromatic rings. The third-order valence-electron chi connectivity index (χ3n) is 0. The van der Waals surface area contributed by atoms with Crippen molar-refractivity contribution in [2.45, 2.75) is 20.8 Å². The average molecular weight is 216 g/mol. The third-order valence-corrected chi connectivity index (χ3v) is 0. The Bertz CT molecular complexity index is 212. The van der Waals surface area contributed by atoms with Gasteiger partial charge < -0.3 is 9.90 Å². The highest BCUT2D eigenvalue weighted by Gasteiger charge is 1.84. The largest absolute Gasteiger partial charge is 0.481 e. The van der Waals surface area contributed by atoms with Crippen molar-refractivity contribution in [2.75, 3.05) is 0 Å². The Labute approximate surface area is 76.0 Å². The smallest absolute Gasteiger partial charge is 0.394 e. The van der Waals surface area contributed by atoms with E-state index < -0.39 is 16.4 Å². The van der Waals surface area contributed by atoms with Crippen LogP contribution in [-0.2, 0) is 20.0 Å². The van der Waals surface area contributed by atoms with Gasteiger partial charge in [-0.25, -0.2) is 0 Å². The van der Waals surface area contributed by atoms with E-state index in [1.54, 1.807) is 0 Å². The number of hydrogen-bond acceptors (Lipinski definition) is 4. The Balaban J connectivity index is -0.000000117. The van der Waals surface area contributed by atoms with Gasteiger partial charge in [-0.05, 0) is 13.8 Å². The van der Waals surface area contributed by atoms with Crippen molar-refractivity contribution in [1.29, 1.82) is 0 Å². The fourth-order valence-electron chi connectivity index (χ4n) is 0. The number of carbonyl (C=O) groups excluding carboxylic acids is 1. The summed E-state index contributed by atoms with van der Waals surface area (Å²) in [6.07, 6.45) is 0. The lowest BCUT2D eigenvalue weighted by molar-refractivity contribution is -0.134. The number of carbonyl (C=O) groups is 2. The summed E-state index contributed by atoms with van der Waals surface area (Å²) in [5.74, 6) is -0.667. The van der Waals surface area contributed by atoms with E-state index in [0.29, 0.717) is 0 Å². The second kappa shape index (κ2) is 9.10. The minimum Gasteiger partial charge on any atom is -0.481 e. The monoisotopic (exact) mass is 216 g/mol. The zero-order valence-corrected chi connectivity index (χ0v) is 8.20. The van der Waals surface area contributed by atoms with Gasteiger partial charge in [-0.2, -0.15) is 8.42 Å². The first-order chi connectivity index (χ1) is 5.46. The number of carboxylic acid groups (broad SMARTS) is 1. The van der Waals surface area contributed by atoms with Crippen molar-refractivity contribution >= 4 is 22.2 Å². The Hall–Kier alpha value is -0.990. The molecule has 0 fully saturated rings.